The molecule has 1 heterocycles. The summed E-state index contributed by atoms with van der Waals surface area (Å²) in [6.45, 7) is 1.25. The largest absolute Gasteiger partial charge is 0.519 e. The molecule has 0 saturated heterocycles. The summed E-state index contributed by atoms with van der Waals surface area (Å²) in [6.07, 6.45) is 1.23. The van der Waals surface area contributed by atoms with Crippen LogP contribution in [-0.4, -0.2) is 77.8 Å². The smallest absolute Gasteiger partial charge is 0.481 e. The molecule has 0 unspecified atom stereocenters. The molecule has 0 aliphatic heterocycles. The predicted octanol–water partition coefficient (Wildman–Crippen LogP) is 1.02. The second kappa shape index (κ2) is 14.2. The predicted molar refractivity (Wildman–Crippen MR) is 119 cm³/mol. The van der Waals surface area contributed by atoms with Gasteiger partial charge < -0.3 is 33.8 Å². The van der Waals surface area contributed by atoms with E-state index in [-0.39, 0.29) is 43.5 Å². The van der Waals surface area contributed by atoms with Crippen LogP contribution in [0.1, 0.15) is 43.6 Å². The number of aryl methyl sites for hydroxylation is 1. The lowest BCUT2D eigenvalue weighted by Gasteiger charge is -2.26. The van der Waals surface area contributed by atoms with Crippen LogP contribution < -0.4 is 11.1 Å². The number of carboxylic acids is 1. The Hall–Kier alpha value is -2.96. The molecule has 2 N–H and O–H groups in total. The third-order valence-corrected chi connectivity index (χ3v) is 5.12. The fourth-order valence-electron chi connectivity index (χ4n) is 2.79. The Morgan fingerprint density at radius 3 is 2.42 bits per heavy atom. The second-order valence-electron chi connectivity index (χ2n) is 7.35. The minimum atomic E-state index is -1.22. The lowest BCUT2D eigenvalue weighted by molar-refractivity contribution is -0.145. The van der Waals surface area contributed by atoms with E-state index in [2.05, 4.69) is 22.4 Å². The van der Waals surface area contributed by atoms with E-state index in [1.165, 1.54) is 25.9 Å². The van der Waals surface area contributed by atoms with Gasteiger partial charge in [-0.25, -0.2) is 9.59 Å². The number of thiol groups is 1. The van der Waals surface area contributed by atoms with Gasteiger partial charge in [-0.3, -0.25) is 14.4 Å². The molecule has 0 aromatic carbocycles. The van der Waals surface area contributed by atoms with Crippen molar-refractivity contribution in [3.05, 3.63) is 22.1 Å². The summed E-state index contributed by atoms with van der Waals surface area (Å²) in [6, 6.07) is -1.18. The number of ether oxygens (including phenoxy) is 1. The van der Waals surface area contributed by atoms with E-state index in [1.807, 2.05) is 0 Å². The van der Waals surface area contributed by atoms with E-state index >= 15 is 0 Å². The van der Waals surface area contributed by atoms with Gasteiger partial charge in [-0.1, -0.05) is 6.42 Å². The normalized spacial score (nSPS) is 11.5. The van der Waals surface area contributed by atoms with Crippen LogP contribution in [0.2, 0.25) is 0 Å². The summed E-state index contributed by atoms with van der Waals surface area (Å²) in [4.78, 5) is 61.4. The van der Waals surface area contributed by atoms with Crippen molar-refractivity contribution in [1.82, 2.24) is 15.1 Å². The van der Waals surface area contributed by atoms with Crippen molar-refractivity contribution in [1.29, 1.82) is 0 Å². The van der Waals surface area contributed by atoms with Crippen molar-refractivity contribution >= 4 is 36.5 Å². The van der Waals surface area contributed by atoms with Gasteiger partial charge in [0.15, 0.2) is 18.1 Å². The Balaban J connectivity index is 2.52. The van der Waals surface area contributed by atoms with E-state index in [4.69, 9.17) is 14.3 Å². The number of carbonyl (C=O) groups excluding carboxylic acids is 3. The van der Waals surface area contributed by atoms with Gasteiger partial charge in [0.25, 0.3) is 0 Å². The molecular formula is C20H31N3O9S. The summed E-state index contributed by atoms with van der Waals surface area (Å²) in [5.74, 6) is -2.07. The van der Waals surface area contributed by atoms with Crippen LogP contribution in [0.15, 0.2) is 13.6 Å². The SMILES string of the molecule is Cc1oc(=O)oc1COC(=O)N(C)CCNC(=O)[C@H](CC(=O)O)N(C)C(=O)CCCCCS. The van der Waals surface area contributed by atoms with Gasteiger partial charge in [0.1, 0.15) is 6.04 Å². The molecule has 3 amide bonds. The van der Waals surface area contributed by atoms with Crippen molar-refractivity contribution in [2.45, 2.75) is 51.7 Å². The van der Waals surface area contributed by atoms with Crippen molar-refractivity contribution in [3.8, 4) is 0 Å². The molecule has 0 aliphatic rings. The quantitative estimate of drug-likeness (QED) is 0.256. The van der Waals surface area contributed by atoms with Gasteiger partial charge in [-0.15, -0.1) is 0 Å². The molecule has 1 rings (SSSR count). The Morgan fingerprint density at radius 1 is 1.15 bits per heavy atom. The minimum absolute atomic E-state index is 0.00431. The van der Waals surface area contributed by atoms with Gasteiger partial charge in [0.05, 0.1) is 6.42 Å². The molecule has 0 spiro atoms. The van der Waals surface area contributed by atoms with Crippen molar-refractivity contribution < 1.29 is 37.9 Å². The molecule has 1 aromatic heterocycles. The molecule has 12 nitrogen and oxygen atoms in total. The number of aliphatic carboxylic acids is 1. The molecule has 186 valence electrons. The fraction of sp³-hybridized carbons (Fsp3) is 0.650. The standard InChI is InChI=1S/C20H31N3O9S/c1-13-15(32-20(29)31-13)12-30-19(28)22(2)9-8-21-18(27)14(11-17(25)26)23(3)16(24)7-5-4-6-10-33/h14,33H,4-12H2,1-3H3,(H,21,27)(H,25,26)/t14-/m0/s1. The maximum Gasteiger partial charge on any atom is 0.519 e. The summed E-state index contributed by atoms with van der Waals surface area (Å²) in [7, 11) is 2.83. The third-order valence-electron chi connectivity index (χ3n) is 4.80. The zero-order valence-electron chi connectivity index (χ0n) is 19.0. The summed E-state index contributed by atoms with van der Waals surface area (Å²) in [5.41, 5.74) is 0. The number of rotatable bonds is 14. The van der Waals surface area contributed by atoms with Gasteiger partial charge >= 0.3 is 17.9 Å². The molecule has 0 aliphatic carbocycles. The van der Waals surface area contributed by atoms with Crippen LogP contribution in [0.25, 0.3) is 0 Å². The topological polar surface area (TPSA) is 160 Å². The minimum Gasteiger partial charge on any atom is -0.481 e. The highest BCUT2D eigenvalue weighted by Gasteiger charge is 2.29. The monoisotopic (exact) mass is 489 g/mol. The van der Waals surface area contributed by atoms with Crippen LogP contribution in [0.5, 0.6) is 0 Å². The molecule has 0 fully saturated rings. The number of nitrogens with one attached hydrogen (secondary N) is 1. The Kier molecular flexibility index (Phi) is 12.1. The number of carbonyl (C=O) groups is 4. The van der Waals surface area contributed by atoms with Crippen LogP contribution in [0.4, 0.5) is 4.79 Å². The molecule has 0 radical (unpaired) electrons. The average Bonchev–Trinajstić information content (AvgIpc) is 3.09. The second-order valence-corrected chi connectivity index (χ2v) is 7.80. The highest BCUT2D eigenvalue weighted by molar-refractivity contribution is 7.80. The highest BCUT2D eigenvalue weighted by atomic mass is 32.1. The maximum absolute atomic E-state index is 12.5. The maximum atomic E-state index is 12.5. The van der Waals surface area contributed by atoms with Crippen LogP contribution in [0, 0.1) is 6.92 Å². The van der Waals surface area contributed by atoms with Crippen molar-refractivity contribution in [2.24, 2.45) is 0 Å². The number of carboxylic acid groups (broad SMARTS) is 1. The van der Waals surface area contributed by atoms with E-state index in [1.54, 1.807) is 0 Å². The molecule has 33 heavy (non-hydrogen) atoms. The van der Waals surface area contributed by atoms with Gasteiger partial charge in [0, 0.05) is 33.6 Å². The van der Waals surface area contributed by atoms with Crippen molar-refractivity contribution in [3.63, 3.8) is 0 Å². The van der Waals surface area contributed by atoms with E-state index in [0.717, 1.165) is 23.5 Å². The summed E-state index contributed by atoms with van der Waals surface area (Å²) < 4.78 is 14.4. The number of hydrogen-bond acceptors (Lipinski definition) is 9. The number of unbranched alkanes of at least 4 members (excludes halogenated alkanes) is 2. The lowest BCUT2D eigenvalue weighted by Crippen LogP contribution is -2.50. The number of nitrogens with zero attached hydrogens (tertiary/aromatic N) is 2. The molecule has 0 bridgehead atoms. The van der Waals surface area contributed by atoms with Gasteiger partial charge in [-0.2, -0.15) is 12.6 Å². The first-order chi connectivity index (χ1) is 15.6. The number of hydrogen-bond donors (Lipinski definition) is 3. The third kappa shape index (κ3) is 10.0. The first-order valence-corrected chi connectivity index (χ1v) is 11.0. The molecule has 1 aromatic rings. The van der Waals surface area contributed by atoms with Crippen LogP contribution >= 0.6 is 12.6 Å². The molecular weight excluding hydrogens is 458 g/mol. The zero-order chi connectivity index (χ0) is 25.0. The zero-order valence-corrected chi connectivity index (χ0v) is 19.9. The van der Waals surface area contributed by atoms with E-state index in [0.29, 0.717) is 6.42 Å². The lowest BCUT2D eigenvalue weighted by atomic mass is 10.1. The number of likely N-dealkylation sites (N-methyl/N-ethyl adjacent to an activating group) is 2. The summed E-state index contributed by atoms with van der Waals surface area (Å²) >= 11 is 4.11. The van der Waals surface area contributed by atoms with E-state index < -0.39 is 36.3 Å². The Morgan fingerprint density at radius 2 is 1.85 bits per heavy atom. The first-order valence-electron chi connectivity index (χ1n) is 10.4. The van der Waals surface area contributed by atoms with E-state index in [9.17, 15) is 24.0 Å². The van der Waals surface area contributed by atoms with Crippen molar-refractivity contribution in [2.75, 3.05) is 32.9 Å². The molecule has 1 atom stereocenters. The summed E-state index contributed by atoms with van der Waals surface area (Å²) in [5, 5.41) is 11.7. The van der Waals surface area contributed by atoms with Crippen LogP contribution in [-0.2, 0) is 25.7 Å². The van der Waals surface area contributed by atoms with Gasteiger partial charge in [-0.05, 0) is 25.5 Å². The highest BCUT2D eigenvalue weighted by Crippen LogP contribution is 2.10. The number of amides is 3. The first kappa shape index (κ1) is 28.1. The Bertz CT molecular complexity index is 867. The Labute approximate surface area is 196 Å². The van der Waals surface area contributed by atoms with Crippen LogP contribution in [0.3, 0.4) is 0 Å². The average molecular weight is 490 g/mol. The van der Waals surface area contributed by atoms with Gasteiger partial charge in [0.2, 0.25) is 11.8 Å². The fourth-order valence-corrected chi connectivity index (χ4v) is 3.01. The molecule has 13 heteroatoms. The molecule has 0 saturated carbocycles.